The topological polar surface area (TPSA) is 24.1 Å². The van der Waals surface area contributed by atoms with Crippen LogP contribution in [0.5, 0.6) is 0 Å². The maximum Gasteiger partial charge on any atom is -0.00147 e. The van der Waals surface area contributed by atoms with Crippen molar-refractivity contribution in [2.75, 3.05) is 26.7 Å². The molecule has 1 fully saturated rings. The third-order valence-electron chi connectivity index (χ3n) is 2.70. The smallest absolute Gasteiger partial charge is 0.00147 e. The first-order chi connectivity index (χ1) is 6.33. The highest BCUT2D eigenvalue weighted by Crippen LogP contribution is 2.19. The Hall–Kier alpha value is -0.340. The van der Waals surface area contributed by atoms with E-state index in [1.807, 2.05) is 7.05 Å². The van der Waals surface area contributed by atoms with Gasteiger partial charge < -0.3 is 10.6 Å². The Bertz CT molecular complexity index is 148. The van der Waals surface area contributed by atoms with E-state index in [-0.39, 0.29) is 0 Å². The fraction of sp³-hybridized carbons (Fsp3) is 0.818. The highest BCUT2D eigenvalue weighted by Gasteiger charge is 2.13. The summed E-state index contributed by atoms with van der Waals surface area (Å²) < 4.78 is 0. The second-order valence-corrected chi connectivity index (χ2v) is 4.02. The molecule has 1 saturated heterocycles. The molecule has 1 aliphatic rings. The zero-order valence-corrected chi connectivity index (χ0v) is 8.73. The van der Waals surface area contributed by atoms with Crippen molar-refractivity contribution >= 4 is 0 Å². The Balaban J connectivity index is 2.11. The van der Waals surface area contributed by atoms with Gasteiger partial charge in [0.25, 0.3) is 0 Å². The molecule has 0 radical (unpaired) electrons. The molecule has 0 spiro atoms. The van der Waals surface area contributed by atoms with Crippen molar-refractivity contribution in [1.29, 1.82) is 0 Å². The minimum atomic E-state index is 0.845. The Morgan fingerprint density at radius 3 is 3.08 bits per heavy atom. The first-order valence-electron chi connectivity index (χ1n) is 5.35. The van der Waals surface area contributed by atoms with Gasteiger partial charge in [-0.3, -0.25) is 0 Å². The summed E-state index contributed by atoms with van der Waals surface area (Å²) in [4.78, 5) is 0. The summed E-state index contributed by atoms with van der Waals surface area (Å²) >= 11 is 0. The van der Waals surface area contributed by atoms with Crippen LogP contribution in [0.4, 0.5) is 0 Å². The molecule has 0 aromatic rings. The number of rotatable bonds is 5. The second-order valence-electron chi connectivity index (χ2n) is 4.02. The first kappa shape index (κ1) is 10.7. The van der Waals surface area contributed by atoms with Gasteiger partial charge in [-0.2, -0.15) is 0 Å². The fourth-order valence-electron chi connectivity index (χ4n) is 1.91. The molecular formula is C11H22N2. The van der Waals surface area contributed by atoms with Crippen LogP contribution in [-0.2, 0) is 0 Å². The Labute approximate surface area is 81.8 Å². The minimum Gasteiger partial charge on any atom is -0.319 e. The SMILES string of the molecule is C=C(CCNC)CC1CCCNC1. The summed E-state index contributed by atoms with van der Waals surface area (Å²) in [6.45, 7) is 7.59. The van der Waals surface area contributed by atoms with E-state index in [0.717, 1.165) is 18.9 Å². The molecule has 1 heterocycles. The van der Waals surface area contributed by atoms with Crippen LogP contribution in [0.2, 0.25) is 0 Å². The molecule has 2 heteroatoms. The Kier molecular flexibility index (Phi) is 5.09. The molecule has 1 atom stereocenters. The number of piperidine rings is 1. The number of nitrogens with one attached hydrogen (secondary N) is 2. The van der Waals surface area contributed by atoms with Crippen molar-refractivity contribution in [3.8, 4) is 0 Å². The summed E-state index contributed by atoms with van der Waals surface area (Å²) in [5.41, 5.74) is 1.41. The highest BCUT2D eigenvalue weighted by molar-refractivity contribution is 4.97. The molecular weight excluding hydrogens is 160 g/mol. The van der Waals surface area contributed by atoms with E-state index in [9.17, 15) is 0 Å². The average Bonchev–Trinajstić information content (AvgIpc) is 2.16. The molecule has 2 nitrogen and oxygen atoms in total. The van der Waals surface area contributed by atoms with Crippen LogP contribution in [0.1, 0.15) is 25.7 Å². The zero-order chi connectivity index (χ0) is 9.52. The molecule has 1 rings (SSSR count). The maximum absolute atomic E-state index is 4.12. The molecule has 0 amide bonds. The van der Waals surface area contributed by atoms with E-state index < -0.39 is 0 Å². The molecule has 0 aromatic heterocycles. The molecule has 0 bridgehead atoms. The Morgan fingerprint density at radius 2 is 2.46 bits per heavy atom. The molecule has 1 unspecified atom stereocenters. The van der Waals surface area contributed by atoms with Crippen molar-refractivity contribution in [2.24, 2.45) is 5.92 Å². The van der Waals surface area contributed by atoms with Gasteiger partial charge in [-0.15, -0.1) is 0 Å². The maximum atomic E-state index is 4.12. The van der Waals surface area contributed by atoms with Crippen molar-refractivity contribution in [3.05, 3.63) is 12.2 Å². The van der Waals surface area contributed by atoms with Crippen LogP contribution < -0.4 is 10.6 Å². The third-order valence-corrected chi connectivity index (χ3v) is 2.70. The quantitative estimate of drug-likeness (QED) is 0.630. The van der Waals surface area contributed by atoms with Crippen LogP contribution in [0, 0.1) is 5.92 Å². The molecule has 0 saturated carbocycles. The highest BCUT2D eigenvalue weighted by atomic mass is 14.9. The van der Waals surface area contributed by atoms with Gasteiger partial charge in [-0.25, -0.2) is 0 Å². The van der Waals surface area contributed by atoms with Gasteiger partial charge in [0.1, 0.15) is 0 Å². The predicted octanol–water partition coefficient (Wildman–Crippen LogP) is 1.54. The number of hydrogen-bond acceptors (Lipinski definition) is 2. The summed E-state index contributed by atoms with van der Waals surface area (Å²) in [7, 11) is 2.00. The van der Waals surface area contributed by atoms with Crippen LogP contribution in [-0.4, -0.2) is 26.7 Å². The van der Waals surface area contributed by atoms with Gasteiger partial charge in [-0.05, 0) is 58.3 Å². The van der Waals surface area contributed by atoms with Crippen LogP contribution in [0.3, 0.4) is 0 Å². The van der Waals surface area contributed by atoms with Gasteiger partial charge in [0, 0.05) is 0 Å². The Morgan fingerprint density at radius 1 is 1.62 bits per heavy atom. The molecule has 0 aromatic carbocycles. The van der Waals surface area contributed by atoms with Gasteiger partial charge >= 0.3 is 0 Å². The summed E-state index contributed by atoms with van der Waals surface area (Å²) in [5, 5.41) is 6.60. The van der Waals surface area contributed by atoms with Crippen LogP contribution >= 0.6 is 0 Å². The van der Waals surface area contributed by atoms with E-state index in [0.29, 0.717) is 0 Å². The zero-order valence-electron chi connectivity index (χ0n) is 8.73. The van der Waals surface area contributed by atoms with Gasteiger partial charge in [0.05, 0.1) is 0 Å². The normalized spacial score (nSPS) is 23.0. The molecule has 0 aliphatic carbocycles. The van der Waals surface area contributed by atoms with Crippen molar-refractivity contribution in [1.82, 2.24) is 10.6 Å². The van der Waals surface area contributed by atoms with Crippen LogP contribution in [0.25, 0.3) is 0 Å². The second kappa shape index (κ2) is 6.17. The van der Waals surface area contributed by atoms with Crippen molar-refractivity contribution in [2.45, 2.75) is 25.7 Å². The molecule has 2 N–H and O–H groups in total. The van der Waals surface area contributed by atoms with E-state index >= 15 is 0 Å². The predicted molar refractivity (Wildman–Crippen MR) is 57.9 cm³/mol. The van der Waals surface area contributed by atoms with E-state index in [1.165, 1.54) is 37.9 Å². The lowest BCUT2D eigenvalue weighted by Gasteiger charge is -2.23. The summed E-state index contributed by atoms with van der Waals surface area (Å²) in [6, 6.07) is 0. The average molecular weight is 182 g/mol. The lowest BCUT2D eigenvalue weighted by atomic mass is 9.92. The standard InChI is InChI=1S/C11H22N2/c1-10(5-7-12-2)8-11-4-3-6-13-9-11/h11-13H,1,3-9H2,2H3. The van der Waals surface area contributed by atoms with Gasteiger partial charge in [0.15, 0.2) is 0 Å². The number of hydrogen-bond donors (Lipinski definition) is 2. The molecule has 13 heavy (non-hydrogen) atoms. The van der Waals surface area contributed by atoms with E-state index in [4.69, 9.17) is 0 Å². The molecule has 76 valence electrons. The monoisotopic (exact) mass is 182 g/mol. The van der Waals surface area contributed by atoms with E-state index in [2.05, 4.69) is 17.2 Å². The lowest BCUT2D eigenvalue weighted by molar-refractivity contribution is 0.373. The molecule has 1 aliphatic heterocycles. The fourth-order valence-corrected chi connectivity index (χ4v) is 1.91. The van der Waals surface area contributed by atoms with E-state index in [1.54, 1.807) is 0 Å². The summed E-state index contributed by atoms with van der Waals surface area (Å²) in [5.74, 6) is 0.845. The van der Waals surface area contributed by atoms with Crippen LogP contribution in [0.15, 0.2) is 12.2 Å². The van der Waals surface area contributed by atoms with Crippen molar-refractivity contribution < 1.29 is 0 Å². The van der Waals surface area contributed by atoms with Gasteiger partial charge in [-0.1, -0.05) is 12.2 Å². The minimum absolute atomic E-state index is 0.845. The largest absolute Gasteiger partial charge is 0.319 e. The summed E-state index contributed by atoms with van der Waals surface area (Å²) in [6.07, 6.45) is 5.07. The first-order valence-corrected chi connectivity index (χ1v) is 5.35. The van der Waals surface area contributed by atoms with Gasteiger partial charge in [0.2, 0.25) is 0 Å². The lowest BCUT2D eigenvalue weighted by Crippen LogP contribution is -2.30. The van der Waals surface area contributed by atoms with Crippen molar-refractivity contribution in [3.63, 3.8) is 0 Å². The third kappa shape index (κ3) is 4.44.